The van der Waals surface area contributed by atoms with Gasteiger partial charge in [-0.25, -0.2) is 14.3 Å². The second-order valence-electron chi connectivity index (χ2n) is 6.92. The highest BCUT2D eigenvalue weighted by Crippen LogP contribution is 2.29. The fourth-order valence-corrected chi connectivity index (χ4v) is 3.75. The van der Waals surface area contributed by atoms with Crippen LogP contribution in [0.3, 0.4) is 0 Å². The maximum absolute atomic E-state index is 13.0. The number of esters is 1. The second kappa shape index (κ2) is 9.01. The van der Waals surface area contributed by atoms with Crippen LogP contribution in [0.15, 0.2) is 64.8 Å². The molecule has 0 radical (unpaired) electrons. The molecule has 0 aliphatic heterocycles. The van der Waals surface area contributed by atoms with Crippen LogP contribution in [0.1, 0.15) is 25.6 Å². The van der Waals surface area contributed by atoms with Crippen molar-refractivity contribution in [1.82, 2.24) is 9.78 Å². The zero-order valence-electron chi connectivity index (χ0n) is 17.4. The molecule has 2 heterocycles. The highest BCUT2D eigenvalue weighted by atomic mass is 32.1. The molecule has 0 bridgehead atoms. The number of hydrogen-bond acceptors (Lipinski definition) is 6. The van der Waals surface area contributed by atoms with Gasteiger partial charge in [0.2, 0.25) is 0 Å². The van der Waals surface area contributed by atoms with E-state index in [2.05, 4.69) is 11.7 Å². The van der Waals surface area contributed by atoms with Gasteiger partial charge in [0.25, 0.3) is 5.56 Å². The molecule has 2 aromatic carbocycles. The molecule has 0 amide bonds. The highest BCUT2D eigenvalue weighted by molar-refractivity contribution is 7.12. The summed E-state index contributed by atoms with van der Waals surface area (Å²) in [6.07, 6.45) is 1.64. The van der Waals surface area contributed by atoms with Crippen molar-refractivity contribution in [3.8, 4) is 17.2 Å². The summed E-state index contributed by atoms with van der Waals surface area (Å²) in [5.41, 5.74) is 0.877. The smallest absolute Gasteiger partial charge is 0.353 e. The Bertz CT molecular complexity index is 1500. The van der Waals surface area contributed by atoms with Crippen LogP contribution in [0, 0.1) is 0 Å². The van der Waals surface area contributed by atoms with Crippen molar-refractivity contribution < 1.29 is 24.2 Å². The standard InChI is InChI=1S/C24H18N2O6S/c1-14-18(22(27)26(25-14)17-8-6-16(7-9-17)23(28)29)12-15-5-10-19(20(13-15)31-2)32-24(30)21-4-3-11-33-21/h3-13,25H,1H2,2H3,(H,28,29)/b18-12-. The lowest BCUT2D eigenvalue weighted by Crippen LogP contribution is -2.33. The largest absolute Gasteiger partial charge is 0.493 e. The summed E-state index contributed by atoms with van der Waals surface area (Å²) in [6.45, 7) is 3.90. The van der Waals surface area contributed by atoms with Crippen LogP contribution in [0.5, 0.6) is 11.5 Å². The molecule has 0 saturated carbocycles. The summed E-state index contributed by atoms with van der Waals surface area (Å²) in [6, 6.07) is 14.3. The zero-order valence-corrected chi connectivity index (χ0v) is 18.2. The summed E-state index contributed by atoms with van der Waals surface area (Å²) < 4.78 is 12.1. The third-order valence-electron chi connectivity index (χ3n) is 4.80. The maximum atomic E-state index is 13.0. The lowest BCUT2D eigenvalue weighted by Gasteiger charge is -2.09. The minimum absolute atomic E-state index is 0.118. The molecule has 4 rings (SSSR count). The van der Waals surface area contributed by atoms with E-state index < -0.39 is 11.9 Å². The lowest BCUT2D eigenvalue weighted by atomic mass is 10.1. The first-order valence-electron chi connectivity index (χ1n) is 9.66. The van der Waals surface area contributed by atoms with E-state index in [9.17, 15) is 14.4 Å². The maximum Gasteiger partial charge on any atom is 0.353 e. The molecule has 9 heteroatoms. The Labute approximate surface area is 191 Å². The Morgan fingerprint density at radius 2 is 1.88 bits per heavy atom. The fraction of sp³-hybridized carbons (Fsp3) is 0.0417. The summed E-state index contributed by atoms with van der Waals surface area (Å²) in [5.74, 6) is -0.944. The molecule has 0 aliphatic rings. The number of carboxylic acid groups (broad SMARTS) is 1. The molecule has 4 aromatic rings. The SMILES string of the molecule is C=c1[nH]n(-c2ccc(C(=O)O)cc2)c(=O)/c1=C\c1ccc(OC(=O)c2cccs2)c(OC)c1. The lowest BCUT2D eigenvalue weighted by molar-refractivity contribution is 0.0694. The minimum atomic E-state index is -1.05. The van der Waals surface area contributed by atoms with Crippen molar-refractivity contribution in [1.29, 1.82) is 0 Å². The number of ether oxygens (including phenoxy) is 2. The fourth-order valence-electron chi connectivity index (χ4n) is 3.15. The number of aromatic carboxylic acids is 1. The Morgan fingerprint density at radius 3 is 2.52 bits per heavy atom. The number of carboxylic acids is 1. The van der Waals surface area contributed by atoms with Crippen LogP contribution in [0.4, 0.5) is 0 Å². The first kappa shape index (κ1) is 21.8. The van der Waals surface area contributed by atoms with E-state index in [1.807, 2.05) is 0 Å². The number of carbonyl (C=O) groups excluding carboxylic acids is 1. The molecule has 166 valence electrons. The van der Waals surface area contributed by atoms with Crippen LogP contribution < -0.4 is 25.6 Å². The number of hydrogen-bond donors (Lipinski definition) is 2. The monoisotopic (exact) mass is 462 g/mol. The zero-order chi connectivity index (χ0) is 23.5. The van der Waals surface area contributed by atoms with Gasteiger partial charge >= 0.3 is 11.9 Å². The van der Waals surface area contributed by atoms with Gasteiger partial charge in [0.05, 0.1) is 28.9 Å². The molecule has 0 fully saturated rings. The number of thiophene rings is 1. The first-order chi connectivity index (χ1) is 15.9. The van der Waals surface area contributed by atoms with E-state index in [4.69, 9.17) is 14.6 Å². The third kappa shape index (κ3) is 4.48. The van der Waals surface area contributed by atoms with Crippen LogP contribution >= 0.6 is 11.3 Å². The second-order valence-corrected chi connectivity index (χ2v) is 7.87. The molecular formula is C24H18N2O6S. The van der Waals surface area contributed by atoms with Gasteiger partial charge in [-0.05, 0) is 59.5 Å². The predicted molar refractivity (Wildman–Crippen MR) is 124 cm³/mol. The van der Waals surface area contributed by atoms with E-state index in [-0.39, 0.29) is 16.9 Å². The van der Waals surface area contributed by atoms with E-state index >= 15 is 0 Å². The molecular weight excluding hydrogens is 444 g/mol. The van der Waals surface area contributed by atoms with Crippen LogP contribution in [-0.4, -0.2) is 33.9 Å². The van der Waals surface area contributed by atoms with Gasteiger partial charge in [-0.15, -0.1) is 11.3 Å². The summed E-state index contributed by atoms with van der Waals surface area (Å²) in [5, 5.41) is 14.4. The molecule has 33 heavy (non-hydrogen) atoms. The van der Waals surface area contributed by atoms with Crippen LogP contribution in [0.25, 0.3) is 18.3 Å². The molecule has 2 aromatic heterocycles. The number of nitrogens with zero attached hydrogens (tertiary/aromatic N) is 1. The summed E-state index contributed by atoms with van der Waals surface area (Å²) >= 11 is 1.28. The van der Waals surface area contributed by atoms with Gasteiger partial charge < -0.3 is 14.6 Å². The summed E-state index contributed by atoms with van der Waals surface area (Å²) in [4.78, 5) is 36.7. The van der Waals surface area contributed by atoms with Crippen LogP contribution in [0.2, 0.25) is 0 Å². The normalized spacial score (nSPS) is 11.4. The third-order valence-corrected chi connectivity index (χ3v) is 5.65. The Morgan fingerprint density at radius 1 is 1.12 bits per heavy atom. The number of H-pyrrole nitrogens is 1. The van der Waals surface area contributed by atoms with E-state index in [1.165, 1.54) is 47.4 Å². The summed E-state index contributed by atoms with van der Waals surface area (Å²) in [7, 11) is 1.46. The Balaban J connectivity index is 1.68. The van der Waals surface area contributed by atoms with E-state index in [1.54, 1.807) is 41.8 Å². The molecule has 2 N–H and O–H groups in total. The molecule has 0 unspecified atom stereocenters. The number of aromatic nitrogens is 2. The quantitative estimate of drug-likeness (QED) is 0.336. The van der Waals surface area contributed by atoms with Gasteiger partial charge in [-0.2, -0.15) is 0 Å². The van der Waals surface area contributed by atoms with Crippen LogP contribution in [-0.2, 0) is 0 Å². The first-order valence-corrected chi connectivity index (χ1v) is 10.5. The van der Waals surface area contributed by atoms with Crippen molar-refractivity contribution in [3.05, 3.63) is 96.9 Å². The number of methoxy groups -OCH3 is 1. The number of benzene rings is 2. The molecule has 0 spiro atoms. The minimum Gasteiger partial charge on any atom is -0.493 e. The van der Waals surface area contributed by atoms with E-state index in [0.29, 0.717) is 32.4 Å². The number of rotatable bonds is 6. The number of carbonyl (C=O) groups is 2. The predicted octanol–water partition coefficient (Wildman–Crippen LogP) is 2.39. The van der Waals surface area contributed by atoms with Gasteiger partial charge in [-0.1, -0.05) is 18.7 Å². The average molecular weight is 462 g/mol. The molecule has 0 aliphatic carbocycles. The molecule has 0 atom stereocenters. The van der Waals surface area contributed by atoms with Gasteiger partial charge in [0.1, 0.15) is 4.88 Å². The van der Waals surface area contributed by atoms with Crippen molar-refractivity contribution in [2.75, 3.05) is 7.11 Å². The van der Waals surface area contributed by atoms with Gasteiger partial charge in [0.15, 0.2) is 11.5 Å². The Kier molecular flexibility index (Phi) is 5.97. The molecule has 0 saturated heterocycles. The number of aromatic amines is 1. The van der Waals surface area contributed by atoms with Crippen molar-refractivity contribution in [2.24, 2.45) is 0 Å². The Hall–Kier alpha value is -4.37. The topological polar surface area (TPSA) is 111 Å². The number of nitrogens with one attached hydrogen (secondary N) is 1. The van der Waals surface area contributed by atoms with E-state index in [0.717, 1.165) is 0 Å². The van der Waals surface area contributed by atoms with Crippen molar-refractivity contribution >= 4 is 35.9 Å². The van der Waals surface area contributed by atoms with Crippen molar-refractivity contribution in [2.45, 2.75) is 0 Å². The highest BCUT2D eigenvalue weighted by Gasteiger charge is 2.14. The van der Waals surface area contributed by atoms with Gasteiger partial charge in [0, 0.05) is 0 Å². The van der Waals surface area contributed by atoms with Crippen molar-refractivity contribution in [3.63, 3.8) is 0 Å². The average Bonchev–Trinajstić information content (AvgIpc) is 3.45. The van der Waals surface area contributed by atoms with Gasteiger partial charge in [-0.3, -0.25) is 9.89 Å². The molecule has 8 nitrogen and oxygen atoms in total.